The molecular formula is C18H30N2O5S. The van der Waals surface area contributed by atoms with Crippen LogP contribution in [0.4, 0.5) is 5.69 Å². The van der Waals surface area contributed by atoms with Crippen LogP contribution in [0.15, 0.2) is 24.3 Å². The molecule has 8 heteroatoms. The van der Waals surface area contributed by atoms with Crippen molar-refractivity contribution in [2.45, 2.75) is 39.2 Å². The van der Waals surface area contributed by atoms with E-state index in [9.17, 15) is 13.2 Å². The summed E-state index contributed by atoms with van der Waals surface area (Å²) in [5.74, 6) is 0.385. The van der Waals surface area contributed by atoms with Crippen LogP contribution < -0.4 is 14.4 Å². The number of methoxy groups -OCH3 is 1. The summed E-state index contributed by atoms with van der Waals surface area (Å²) < 4.78 is 36.2. The molecule has 0 spiro atoms. The molecule has 0 aliphatic rings. The van der Waals surface area contributed by atoms with E-state index in [4.69, 9.17) is 9.47 Å². The first-order valence-electron chi connectivity index (χ1n) is 8.74. The zero-order valence-electron chi connectivity index (χ0n) is 16.0. The molecule has 0 fully saturated rings. The minimum absolute atomic E-state index is 0.0944. The fraction of sp³-hybridized carbons (Fsp3) is 0.611. The Labute approximate surface area is 156 Å². The normalized spacial score (nSPS) is 11.4. The summed E-state index contributed by atoms with van der Waals surface area (Å²) in [6.07, 6.45) is 2.75. The summed E-state index contributed by atoms with van der Waals surface area (Å²) in [5, 5.41) is 2.82. The zero-order chi connectivity index (χ0) is 19.6. The molecule has 0 atom stereocenters. The number of hydrogen-bond acceptors (Lipinski definition) is 5. The maximum absolute atomic E-state index is 12.1. The monoisotopic (exact) mass is 386 g/mol. The summed E-state index contributed by atoms with van der Waals surface area (Å²) in [5.41, 5.74) is 0.476. The second-order valence-electron chi connectivity index (χ2n) is 6.23. The fourth-order valence-electron chi connectivity index (χ4n) is 2.39. The van der Waals surface area contributed by atoms with Gasteiger partial charge in [0.2, 0.25) is 15.9 Å². The number of para-hydroxylation sites is 2. The Kier molecular flexibility index (Phi) is 9.43. The maximum atomic E-state index is 12.1. The van der Waals surface area contributed by atoms with E-state index in [-0.39, 0.29) is 25.0 Å². The van der Waals surface area contributed by atoms with Crippen molar-refractivity contribution in [3.05, 3.63) is 24.3 Å². The van der Waals surface area contributed by atoms with Crippen molar-refractivity contribution in [3.8, 4) is 5.75 Å². The standard InChI is InChI=1S/C18H30N2O5S/c1-15(2)25-14-8-12-19-18(21)11-7-13-20(26(4,22)23)16-9-5-6-10-17(16)24-3/h5-6,9-10,15H,7-8,11-14H2,1-4H3,(H,19,21). The molecule has 0 aliphatic carbocycles. The summed E-state index contributed by atoms with van der Waals surface area (Å²) in [4.78, 5) is 11.9. The van der Waals surface area contributed by atoms with Crippen LogP contribution in [0.2, 0.25) is 0 Å². The highest BCUT2D eigenvalue weighted by Gasteiger charge is 2.20. The molecule has 1 amide bonds. The van der Waals surface area contributed by atoms with Crippen LogP contribution in [0.5, 0.6) is 5.75 Å². The molecule has 1 aromatic rings. The number of hydrogen-bond donors (Lipinski definition) is 1. The van der Waals surface area contributed by atoms with Crippen LogP contribution in [-0.4, -0.2) is 53.5 Å². The number of amides is 1. The van der Waals surface area contributed by atoms with E-state index in [1.807, 2.05) is 13.8 Å². The third-order valence-corrected chi connectivity index (χ3v) is 4.79. The lowest BCUT2D eigenvalue weighted by atomic mass is 10.2. The highest BCUT2D eigenvalue weighted by atomic mass is 32.2. The molecule has 0 unspecified atom stereocenters. The van der Waals surface area contributed by atoms with E-state index in [0.717, 1.165) is 12.7 Å². The first kappa shape index (κ1) is 22.2. The lowest BCUT2D eigenvalue weighted by Gasteiger charge is -2.24. The van der Waals surface area contributed by atoms with Gasteiger partial charge in [0.25, 0.3) is 0 Å². The van der Waals surface area contributed by atoms with Crippen molar-refractivity contribution in [1.82, 2.24) is 5.32 Å². The van der Waals surface area contributed by atoms with Crippen LogP contribution in [0.1, 0.15) is 33.1 Å². The quantitative estimate of drug-likeness (QED) is 0.557. The average Bonchev–Trinajstić information content (AvgIpc) is 2.57. The lowest BCUT2D eigenvalue weighted by molar-refractivity contribution is -0.121. The van der Waals surface area contributed by atoms with Crippen LogP contribution in [0, 0.1) is 0 Å². The summed E-state index contributed by atoms with van der Waals surface area (Å²) in [6, 6.07) is 6.93. The minimum atomic E-state index is -3.48. The van der Waals surface area contributed by atoms with Crippen LogP contribution in [0.3, 0.4) is 0 Å². The number of ether oxygens (including phenoxy) is 2. The number of anilines is 1. The van der Waals surface area contributed by atoms with Gasteiger partial charge in [0.05, 0.1) is 25.2 Å². The first-order chi connectivity index (χ1) is 12.3. The van der Waals surface area contributed by atoms with Crippen LogP contribution >= 0.6 is 0 Å². The van der Waals surface area contributed by atoms with Crippen LogP contribution in [0.25, 0.3) is 0 Å². The Morgan fingerprint density at radius 3 is 2.54 bits per heavy atom. The molecule has 0 saturated carbocycles. The van der Waals surface area contributed by atoms with Gasteiger partial charge >= 0.3 is 0 Å². The van der Waals surface area contributed by atoms with E-state index in [1.54, 1.807) is 24.3 Å². The fourth-order valence-corrected chi connectivity index (χ4v) is 3.36. The van der Waals surface area contributed by atoms with Gasteiger partial charge in [-0.2, -0.15) is 0 Å². The zero-order valence-corrected chi connectivity index (χ0v) is 16.8. The van der Waals surface area contributed by atoms with E-state index >= 15 is 0 Å². The Balaban J connectivity index is 2.50. The average molecular weight is 387 g/mol. The SMILES string of the molecule is COc1ccccc1N(CCCC(=O)NCCCOC(C)C)S(C)(=O)=O. The van der Waals surface area contributed by atoms with E-state index in [0.29, 0.717) is 31.0 Å². The third kappa shape index (κ3) is 8.05. The molecule has 0 saturated heterocycles. The first-order valence-corrected chi connectivity index (χ1v) is 10.6. The van der Waals surface area contributed by atoms with Crippen LogP contribution in [-0.2, 0) is 19.6 Å². The van der Waals surface area contributed by atoms with E-state index < -0.39 is 10.0 Å². The lowest BCUT2D eigenvalue weighted by Crippen LogP contribution is -2.32. The van der Waals surface area contributed by atoms with Crippen molar-refractivity contribution in [2.24, 2.45) is 0 Å². The second kappa shape index (κ2) is 11.0. The number of rotatable bonds is 12. The second-order valence-corrected chi connectivity index (χ2v) is 8.14. The number of carbonyl (C=O) groups excluding carboxylic acids is 1. The molecule has 1 aromatic carbocycles. The largest absolute Gasteiger partial charge is 0.495 e. The smallest absolute Gasteiger partial charge is 0.232 e. The van der Waals surface area contributed by atoms with Crippen molar-refractivity contribution in [1.29, 1.82) is 0 Å². The number of nitrogens with one attached hydrogen (secondary N) is 1. The van der Waals surface area contributed by atoms with Gasteiger partial charge in [-0.25, -0.2) is 8.42 Å². The molecule has 0 bridgehead atoms. The molecular weight excluding hydrogens is 356 g/mol. The minimum Gasteiger partial charge on any atom is -0.495 e. The Bertz CT molecular complexity index is 661. The highest BCUT2D eigenvalue weighted by molar-refractivity contribution is 7.92. The van der Waals surface area contributed by atoms with Gasteiger partial charge in [0.15, 0.2) is 0 Å². The maximum Gasteiger partial charge on any atom is 0.232 e. The van der Waals surface area contributed by atoms with Gasteiger partial charge in [-0.1, -0.05) is 12.1 Å². The van der Waals surface area contributed by atoms with Gasteiger partial charge < -0.3 is 14.8 Å². The number of carbonyl (C=O) groups is 1. The molecule has 0 heterocycles. The molecule has 1 N–H and O–H groups in total. The summed E-state index contributed by atoms with van der Waals surface area (Å²) >= 11 is 0. The van der Waals surface area contributed by atoms with Crippen molar-refractivity contribution in [3.63, 3.8) is 0 Å². The number of nitrogens with zero attached hydrogens (tertiary/aromatic N) is 1. The van der Waals surface area contributed by atoms with Gasteiger partial charge in [-0.05, 0) is 38.8 Å². The van der Waals surface area contributed by atoms with Crippen molar-refractivity contribution >= 4 is 21.6 Å². The highest BCUT2D eigenvalue weighted by Crippen LogP contribution is 2.29. The number of sulfonamides is 1. The Hall–Kier alpha value is -1.80. The van der Waals surface area contributed by atoms with Gasteiger partial charge in [0, 0.05) is 26.1 Å². The van der Waals surface area contributed by atoms with Gasteiger partial charge in [-0.15, -0.1) is 0 Å². The van der Waals surface area contributed by atoms with Gasteiger partial charge in [-0.3, -0.25) is 9.10 Å². The predicted octanol–water partition coefficient (Wildman–Crippen LogP) is 2.17. The molecule has 1 rings (SSSR count). The van der Waals surface area contributed by atoms with Crippen molar-refractivity contribution in [2.75, 3.05) is 37.4 Å². The molecule has 0 aromatic heterocycles. The van der Waals surface area contributed by atoms with E-state index in [2.05, 4.69) is 5.32 Å². The molecule has 0 radical (unpaired) electrons. The van der Waals surface area contributed by atoms with E-state index in [1.165, 1.54) is 11.4 Å². The molecule has 7 nitrogen and oxygen atoms in total. The number of benzene rings is 1. The summed E-state index contributed by atoms with van der Waals surface area (Å²) in [7, 11) is -1.98. The third-order valence-electron chi connectivity index (χ3n) is 3.61. The molecule has 148 valence electrons. The predicted molar refractivity (Wildman–Crippen MR) is 103 cm³/mol. The Morgan fingerprint density at radius 1 is 1.23 bits per heavy atom. The summed E-state index contributed by atoms with van der Waals surface area (Å²) in [6.45, 7) is 5.30. The van der Waals surface area contributed by atoms with Gasteiger partial charge in [0.1, 0.15) is 5.75 Å². The topological polar surface area (TPSA) is 84.9 Å². The Morgan fingerprint density at radius 2 is 1.92 bits per heavy atom. The molecule has 0 aliphatic heterocycles. The molecule has 26 heavy (non-hydrogen) atoms. The van der Waals surface area contributed by atoms with Crippen molar-refractivity contribution < 1.29 is 22.7 Å².